The van der Waals surface area contributed by atoms with Crippen molar-refractivity contribution in [3.63, 3.8) is 0 Å². The Kier molecular flexibility index (Phi) is 4.52. The molecule has 0 unspecified atom stereocenters. The van der Waals surface area contributed by atoms with Gasteiger partial charge in [-0.2, -0.15) is 0 Å². The van der Waals surface area contributed by atoms with Crippen LogP contribution in [-0.2, 0) is 6.54 Å². The quantitative estimate of drug-likeness (QED) is 0.905. The lowest BCUT2D eigenvalue weighted by molar-refractivity contribution is 0.0945. The molecule has 2 aromatic rings. The molecule has 2 heterocycles. The predicted molar refractivity (Wildman–Crippen MR) is 83.0 cm³/mol. The number of aromatic nitrogens is 2. The van der Waals surface area contributed by atoms with Crippen LogP contribution in [0.5, 0.6) is 0 Å². The lowest BCUT2D eigenvalue weighted by atomic mass is 10.1. The van der Waals surface area contributed by atoms with Crippen molar-refractivity contribution < 1.29 is 4.79 Å². The van der Waals surface area contributed by atoms with Crippen molar-refractivity contribution in [3.8, 4) is 0 Å². The lowest BCUT2D eigenvalue weighted by Gasteiger charge is -2.22. The van der Waals surface area contributed by atoms with Gasteiger partial charge in [0.1, 0.15) is 5.69 Å². The summed E-state index contributed by atoms with van der Waals surface area (Å²) in [6.45, 7) is 6.58. The molecule has 1 amide bonds. The second-order valence-electron chi connectivity index (χ2n) is 5.81. The second-order valence-corrected chi connectivity index (χ2v) is 5.81. The molecule has 5 heteroatoms. The first kappa shape index (κ1) is 15.0. The van der Waals surface area contributed by atoms with Crippen molar-refractivity contribution in [2.24, 2.45) is 0 Å². The minimum atomic E-state index is -0.210. The zero-order valence-electron chi connectivity index (χ0n) is 12.6. The zero-order valence-corrected chi connectivity index (χ0v) is 12.6. The van der Waals surface area contributed by atoms with Gasteiger partial charge in [-0.25, -0.2) is 0 Å². The molecule has 0 aliphatic heterocycles. The molecule has 110 valence electrons. The van der Waals surface area contributed by atoms with E-state index in [0.29, 0.717) is 12.2 Å². The van der Waals surface area contributed by atoms with Gasteiger partial charge in [0, 0.05) is 23.6 Å². The van der Waals surface area contributed by atoms with Crippen molar-refractivity contribution in [2.75, 3.05) is 5.32 Å². The van der Waals surface area contributed by atoms with Gasteiger partial charge < -0.3 is 10.6 Å². The number of pyridine rings is 2. The molecule has 2 N–H and O–H groups in total. The van der Waals surface area contributed by atoms with Crippen LogP contribution in [0.25, 0.3) is 0 Å². The highest BCUT2D eigenvalue weighted by Crippen LogP contribution is 2.14. The minimum absolute atomic E-state index is 0.0664. The van der Waals surface area contributed by atoms with E-state index in [2.05, 4.69) is 41.4 Å². The van der Waals surface area contributed by atoms with Gasteiger partial charge in [0.15, 0.2) is 0 Å². The van der Waals surface area contributed by atoms with Crippen molar-refractivity contribution in [2.45, 2.75) is 32.9 Å². The van der Waals surface area contributed by atoms with E-state index < -0.39 is 0 Å². The van der Waals surface area contributed by atoms with E-state index in [1.54, 1.807) is 18.5 Å². The average molecular weight is 284 g/mol. The summed E-state index contributed by atoms with van der Waals surface area (Å²) in [5.74, 6) is -0.210. The third kappa shape index (κ3) is 4.87. The fourth-order valence-electron chi connectivity index (χ4n) is 1.83. The van der Waals surface area contributed by atoms with Crippen LogP contribution in [0.2, 0.25) is 0 Å². The van der Waals surface area contributed by atoms with E-state index in [1.807, 2.05) is 24.3 Å². The molecular weight excluding hydrogens is 264 g/mol. The van der Waals surface area contributed by atoms with Gasteiger partial charge in [0.05, 0.1) is 12.2 Å². The van der Waals surface area contributed by atoms with Gasteiger partial charge in [0.25, 0.3) is 5.91 Å². The number of hydrogen-bond acceptors (Lipinski definition) is 4. The molecule has 0 atom stereocenters. The van der Waals surface area contributed by atoms with E-state index in [4.69, 9.17) is 0 Å². The van der Waals surface area contributed by atoms with Gasteiger partial charge >= 0.3 is 0 Å². The number of nitrogens with zero attached hydrogens (tertiary/aromatic N) is 2. The highest BCUT2D eigenvalue weighted by Gasteiger charge is 2.12. The van der Waals surface area contributed by atoms with Crippen molar-refractivity contribution in [1.29, 1.82) is 0 Å². The molecule has 0 spiro atoms. The Morgan fingerprint density at radius 1 is 1.14 bits per heavy atom. The molecule has 0 aromatic carbocycles. The summed E-state index contributed by atoms with van der Waals surface area (Å²) in [4.78, 5) is 20.4. The maximum atomic E-state index is 12.1. The highest BCUT2D eigenvalue weighted by atomic mass is 16.1. The fourth-order valence-corrected chi connectivity index (χ4v) is 1.83. The molecule has 0 saturated carbocycles. The van der Waals surface area contributed by atoms with E-state index in [0.717, 1.165) is 11.4 Å². The Hall–Kier alpha value is -2.43. The van der Waals surface area contributed by atoms with Gasteiger partial charge in [-0.1, -0.05) is 6.07 Å². The lowest BCUT2D eigenvalue weighted by Crippen LogP contribution is -2.27. The van der Waals surface area contributed by atoms with E-state index in [-0.39, 0.29) is 11.4 Å². The smallest absolute Gasteiger partial charge is 0.270 e. The molecule has 0 aliphatic carbocycles. The standard InChI is InChI=1S/C16H20N4O/c1-16(2,3)20-12-7-9-18-14(10-12)15(21)19-11-13-6-4-5-8-17-13/h4-10H,11H2,1-3H3,(H,18,20)(H,19,21). The number of hydrogen-bond donors (Lipinski definition) is 2. The van der Waals surface area contributed by atoms with Gasteiger partial charge in [-0.05, 0) is 45.0 Å². The van der Waals surface area contributed by atoms with Gasteiger partial charge in [-0.3, -0.25) is 14.8 Å². The van der Waals surface area contributed by atoms with Gasteiger partial charge in [0.2, 0.25) is 0 Å². The summed E-state index contributed by atoms with van der Waals surface area (Å²) in [6.07, 6.45) is 3.33. The molecule has 0 bridgehead atoms. The first-order chi connectivity index (χ1) is 9.94. The van der Waals surface area contributed by atoms with Crippen LogP contribution >= 0.6 is 0 Å². The Morgan fingerprint density at radius 2 is 1.95 bits per heavy atom. The van der Waals surface area contributed by atoms with Crippen LogP contribution in [0.3, 0.4) is 0 Å². The van der Waals surface area contributed by atoms with Crippen molar-refractivity contribution in [3.05, 3.63) is 54.1 Å². The molecule has 0 saturated heterocycles. The summed E-state index contributed by atoms with van der Waals surface area (Å²) in [7, 11) is 0. The van der Waals surface area contributed by atoms with E-state index in [1.165, 1.54) is 0 Å². The van der Waals surface area contributed by atoms with E-state index >= 15 is 0 Å². The van der Waals surface area contributed by atoms with Crippen molar-refractivity contribution >= 4 is 11.6 Å². The van der Waals surface area contributed by atoms with Crippen LogP contribution in [0.15, 0.2) is 42.7 Å². The summed E-state index contributed by atoms with van der Waals surface area (Å²) in [5.41, 5.74) is 2.01. The molecule has 21 heavy (non-hydrogen) atoms. The Morgan fingerprint density at radius 3 is 2.62 bits per heavy atom. The molecule has 2 aromatic heterocycles. The number of anilines is 1. The number of carbonyl (C=O) groups is 1. The van der Waals surface area contributed by atoms with Crippen LogP contribution in [0, 0.1) is 0 Å². The summed E-state index contributed by atoms with van der Waals surface area (Å²) < 4.78 is 0. The molecular formula is C16H20N4O. The second kappa shape index (κ2) is 6.35. The Balaban J connectivity index is 2.01. The SMILES string of the molecule is CC(C)(C)Nc1ccnc(C(=O)NCc2ccccn2)c1. The average Bonchev–Trinajstić information content (AvgIpc) is 2.44. The predicted octanol–water partition coefficient (Wildman–Crippen LogP) is 2.62. The van der Waals surface area contributed by atoms with E-state index in [9.17, 15) is 4.79 Å². The van der Waals surface area contributed by atoms with Crippen LogP contribution in [-0.4, -0.2) is 21.4 Å². The first-order valence-corrected chi connectivity index (χ1v) is 6.86. The highest BCUT2D eigenvalue weighted by molar-refractivity contribution is 5.93. The molecule has 5 nitrogen and oxygen atoms in total. The van der Waals surface area contributed by atoms with Gasteiger partial charge in [-0.15, -0.1) is 0 Å². The van der Waals surface area contributed by atoms with Crippen LogP contribution in [0.1, 0.15) is 37.0 Å². The zero-order chi connectivity index (χ0) is 15.3. The third-order valence-electron chi connectivity index (χ3n) is 2.67. The number of amides is 1. The summed E-state index contributed by atoms with van der Waals surface area (Å²) in [5, 5.41) is 6.13. The summed E-state index contributed by atoms with van der Waals surface area (Å²) >= 11 is 0. The monoisotopic (exact) mass is 284 g/mol. The number of carbonyl (C=O) groups excluding carboxylic acids is 1. The number of rotatable bonds is 4. The number of nitrogens with one attached hydrogen (secondary N) is 2. The molecule has 0 radical (unpaired) electrons. The molecule has 0 aliphatic rings. The van der Waals surface area contributed by atoms with Crippen LogP contribution in [0.4, 0.5) is 5.69 Å². The molecule has 2 rings (SSSR count). The van der Waals surface area contributed by atoms with Crippen LogP contribution < -0.4 is 10.6 Å². The Labute approximate surface area is 124 Å². The maximum absolute atomic E-state index is 12.1. The largest absolute Gasteiger partial charge is 0.380 e. The first-order valence-electron chi connectivity index (χ1n) is 6.86. The topological polar surface area (TPSA) is 66.9 Å². The fraction of sp³-hybridized carbons (Fsp3) is 0.312. The third-order valence-corrected chi connectivity index (χ3v) is 2.67. The normalized spacial score (nSPS) is 11.0. The maximum Gasteiger partial charge on any atom is 0.270 e. The minimum Gasteiger partial charge on any atom is -0.380 e. The molecule has 0 fully saturated rings. The Bertz CT molecular complexity index is 605. The summed E-state index contributed by atoms with van der Waals surface area (Å²) in [6, 6.07) is 9.19. The van der Waals surface area contributed by atoms with Crippen molar-refractivity contribution in [1.82, 2.24) is 15.3 Å².